The highest BCUT2D eigenvalue weighted by Crippen LogP contribution is 2.19. The van der Waals surface area contributed by atoms with E-state index in [-0.39, 0.29) is 18.0 Å². The van der Waals surface area contributed by atoms with Gasteiger partial charge >= 0.3 is 11.9 Å². The van der Waals surface area contributed by atoms with Crippen LogP contribution in [0, 0.1) is 0 Å². The first-order chi connectivity index (χ1) is 25.9. The summed E-state index contributed by atoms with van der Waals surface area (Å²) < 4.78 is 6.03. The van der Waals surface area contributed by atoms with Crippen LogP contribution in [-0.2, 0) is 19.1 Å². The van der Waals surface area contributed by atoms with Crippen molar-refractivity contribution >= 4 is 17.8 Å². The third-order valence-electron chi connectivity index (χ3n) is 10.3. The molecule has 0 rings (SSSR count). The molecule has 4 N–H and O–H groups in total. The molecule has 0 bridgehead atoms. The normalized spacial score (nSPS) is 12.8. The zero-order valence-corrected chi connectivity index (χ0v) is 34.9. The molecular formula is C46H86N2O5. The first-order valence-electron chi connectivity index (χ1n) is 22.7. The summed E-state index contributed by atoms with van der Waals surface area (Å²) >= 11 is 0. The van der Waals surface area contributed by atoms with E-state index in [0.29, 0.717) is 32.2 Å². The first-order valence-corrected chi connectivity index (χ1v) is 22.7. The Bertz CT molecular complexity index is 889. The maximum Gasteiger partial charge on any atom is 0.326 e. The van der Waals surface area contributed by atoms with Crippen LogP contribution in [0.5, 0.6) is 0 Å². The maximum absolute atomic E-state index is 12.8. The third kappa shape index (κ3) is 37.9. The Morgan fingerprint density at radius 3 is 1.49 bits per heavy atom. The number of ether oxygens (including phenoxy) is 1. The SMILES string of the molecule is CCCCC/C=C\C/C=C\CCCCCCCCCCCC(=O)OC(CCCCCCCCCC)CCCCCCCC(=O)NC(CCCN)C(=O)O. The summed E-state index contributed by atoms with van der Waals surface area (Å²) in [5.74, 6) is -1.23. The second-order valence-electron chi connectivity index (χ2n) is 15.5. The van der Waals surface area contributed by atoms with E-state index >= 15 is 0 Å². The number of carboxylic acids is 1. The van der Waals surface area contributed by atoms with Crippen LogP contribution in [0.2, 0.25) is 0 Å². The lowest BCUT2D eigenvalue weighted by Crippen LogP contribution is -2.40. The van der Waals surface area contributed by atoms with Gasteiger partial charge in [-0.2, -0.15) is 0 Å². The molecule has 0 aliphatic heterocycles. The van der Waals surface area contributed by atoms with Gasteiger partial charge in [-0.05, 0) is 90.0 Å². The van der Waals surface area contributed by atoms with Crippen LogP contribution < -0.4 is 11.1 Å². The first kappa shape index (κ1) is 50.9. The number of esters is 1. The molecule has 0 saturated heterocycles. The average molecular weight is 747 g/mol. The Morgan fingerprint density at radius 1 is 0.547 bits per heavy atom. The van der Waals surface area contributed by atoms with Crippen molar-refractivity contribution in [2.75, 3.05) is 6.54 Å². The number of hydrogen-bond donors (Lipinski definition) is 3. The topological polar surface area (TPSA) is 119 Å². The van der Waals surface area contributed by atoms with Gasteiger partial charge in [-0.3, -0.25) is 9.59 Å². The van der Waals surface area contributed by atoms with Gasteiger partial charge in [-0.15, -0.1) is 0 Å². The monoisotopic (exact) mass is 747 g/mol. The van der Waals surface area contributed by atoms with Crippen LogP contribution in [0.1, 0.15) is 232 Å². The molecule has 1 amide bonds. The number of rotatable bonds is 41. The molecule has 0 aromatic rings. The van der Waals surface area contributed by atoms with E-state index in [1.54, 1.807) is 0 Å². The van der Waals surface area contributed by atoms with E-state index in [9.17, 15) is 19.5 Å². The van der Waals surface area contributed by atoms with Gasteiger partial charge in [-0.1, -0.05) is 160 Å². The number of aliphatic carboxylic acids is 1. The van der Waals surface area contributed by atoms with Gasteiger partial charge in [-0.25, -0.2) is 4.79 Å². The summed E-state index contributed by atoms with van der Waals surface area (Å²) in [4.78, 5) is 36.3. The number of carboxylic acid groups (broad SMARTS) is 1. The smallest absolute Gasteiger partial charge is 0.326 e. The van der Waals surface area contributed by atoms with Crippen molar-refractivity contribution in [2.24, 2.45) is 5.73 Å². The standard InChI is InChI=1S/C46H86N2O5/c1-3-5-7-9-11-13-14-15-16-17-18-19-20-21-22-23-25-30-34-40-45(50)53-42(36-31-27-24-12-10-8-6-4-2)37-32-28-26-29-33-39-44(49)48-43(46(51)52)38-35-41-47/h11,13,15-16,42-43H,3-10,12,14,17-41,47H2,1-2H3,(H,48,49)(H,51,52)/b13-11-,16-15-. The Labute approximate surface area is 327 Å². The lowest BCUT2D eigenvalue weighted by Gasteiger charge is -2.18. The summed E-state index contributed by atoms with van der Waals surface area (Å²) in [5, 5.41) is 11.9. The number of carbonyl (C=O) groups excluding carboxylic acids is 2. The Hall–Kier alpha value is -2.15. The molecule has 0 aromatic carbocycles. The quantitative estimate of drug-likeness (QED) is 0.0325. The number of nitrogens with one attached hydrogen (secondary N) is 1. The lowest BCUT2D eigenvalue weighted by molar-refractivity contribution is -0.150. The van der Waals surface area contributed by atoms with Crippen molar-refractivity contribution in [3.63, 3.8) is 0 Å². The molecule has 0 spiro atoms. The Kier molecular flexibility index (Phi) is 39.4. The van der Waals surface area contributed by atoms with Gasteiger partial charge in [0.25, 0.3) is 0 Å². The highest BCUT2D eigenvalue weighted by Gasteiger charge is 2.19. The van der Waals surface area contributed by atoms with E-state index in [1.807, 2.05) is 0 Å². The minimum absolute atomic E-state index is 0.0162. The number of hydrogen-bond acceptors (Lipinski definition) is 5. The van der Waals surface area contributed by atoms with Crippen molar-refractivity contribution in [1.29, 1.82) is 0 Å². The second-order valence-corrected chi connectivity index (χ2v) is 15.5. The molecule has 0 heterocycles. The zero-order chi connectivity index (χ0) is 38.9. The van der Waals surface area contributed by atoms with Crippen molar-refractivity contribution < 1.29 is 24.2 Å². The maximum atomic E-state index is 12.8. The van der Waals surface area contributed by atoms with Crippen LogP contribution >= 0.6 is 0 Å². The fraction of sp³-hybridized carbons (Fsp3) is 0.848. The highest BCUT2D eigenvalue weighted by atomic mass is 16.5. The van der Waals surface area contributed by atoms with E-state index in [0.717, 1.165) is 70.6 Å². The van der Waals surface area contributed by atoms with Crippen LogP contribution in [0.25, 0.3) is 0 Å². The summed E-state index contributed by atoms with van der Waals surface area (Å²) in [7, 11) is 0. The van der Waals surface area contributed by atoms with E-state index in [2.05, 4.69) is 43.5 Å². The molecule has 7 nitrogen and oxygen atoms in total. The van der Waals surface area contributed by atoms with E-state index in [1.165, 1.54) is 122 Å². The second kappa shape index (κ2) is 41.0. The van der Waals surface area contributed by atoms with Crippen LogP contribution in [0.4, 0.5) is 0 Å². The minimum Gasteiger partial charge on any atom is -0.480 e. The molecule has 7 heteroatoms. The zero-order valence-electron chi connectivity index (χ0n) is 34.9. The molecule has 2 unspecified atom stereocenters. The van der Waals surface area contributed by atoms with Gasteiger partial charge < -0.3 is 20.9 Å². The highest BCUT2D eigenvalue weighted by molar-refractivity contribution is 5.83. The van der Waals surface area contributed by atoms with Crippen molar-refractivity contribution in [3.05, 3.63) is 24.3 Å². The number of amides is 1. The minimum atomic E-state index is -1.00. The number of carbonyl (C=O) groups is 3. The van der Waals surface area contributed by atoms with Gasteiger partial charge in [0.15, 0.2) is 0 Å². The summed E-state index contributed by atoms with van der Waals surface area (Å²) in [5.41, 5.74) is 5.48. The van der Waals surface area contributed by atoms with Gasteiger partial charge in [0.05, 0.1) is 0 Å². The molecule has 0 aromatic heterocycles. The van der Waals surface area contributed by atoms with Gasteiger partial charge in [0, 0.05) is 12.8 Å². The number of allylic oxidation sites excluding steroid dienone is 4. The molecular weight excluding hydrogens is 661 g/mol. The summed E-state index contributed by atoms with van der Waals surface area (Å²) in [6, 6.07) is -0.854. The van der Waals surface area contributed by atoms with Crippen molar-refractivity contribution in [3.8, 4) is 0 Å². The van der Waals surface area contributed by atoms with Gasteiger partial charge in [0.2, 0.25) is 5.91 Å². The van der Waals surface area contributed by atoms with Crippen molar-refractivity contribution in [2.45, 2.75) is 244 Å². The molecule has 2 atom stereocenters. The fourth-order valence-electron chi connectivity index (χ4n) is 6.83. The third-order valence-corrected chi connectivity index (χ3v) is 10.3. The fourth-order valence-corrected chi connectivity index (χ4v) is 6.83. The van der Waals surface area contributed by atoms with Crippen molar-refractivity contribution in [1.82, 2.24) is 5.32 Å². The molecule has 0 radical (unpaired) electrons. The average Bonchev–Trinajstić information content (AvgIpc) is 3.14. The molecule has 0 saturated carbocycles. The summed E-state index contributed by atoms with van der Waals surface area (Å²) in [6.07, 6.45) is 46.6. The largest absolute Gasteiger partial charge is 0.480 e. The molecule has 53 heavy (non-hydrogen) atoms. The van der Waals surface area contributed by atoms with Crippen LogP contribution in [-0.4, -0.2) is 41.6 Å². The van der Waals surface area contributed by atoms with Crippen LogP contribution in [0.3, 0.4) is 0 Å². The Balaban J connectivity index is 4.15. The molecule has 0 aliphatic carbocycles. The number of unbranched alkanes of at least 4 members (excludes halogenated alkanes) is 23. The number of nitrogens with two attached hydrogens (primary N) is 1. The molecule has 310 valence electrons. The van der Waals surface area contributed by atoms with E-state index < -0.39 is 12.0 Å². The predicted molar refractivity (Wildman–Crippen MR) is 225 cm³/mol. The van der Waals surface area contributed by atoms with E-state index in [4.69, 9.17) is 10.5 Å². The van der Waals surface area contributed by atoms with Gasteiger partial charge in [0.1, 0.15) is 12.1 Å². The molecule has 0 fully saturated rings. The molecule has 0 aliphatic rings. The summed E-state index contributed by atoms with van der Waals surface area (Å²) in [6.45, 7) is 4.92. The van der Waals surface area contributed by atoms with Crippen LogP contribution in [0.15, 0.2) is 24.3 Å². The Morgan fingerprint density at radius 2 is 0.981 bits per heavy atom. The predicted octanol–water partition coefficient (Wildman–Crippen LogP) is 12.8. The lowest BCUT2D eigenvalue weighted by atomic mass is 10.0.